The molecule has 1 aromatic carbocycles. The van der Waals surface area contributed by atoms with Crippen molar-refractivity contribution in [2.45, 2.75) is 13.0 Å². The van der Waals surface area contributed by atoms with E-state index in [4.69, 9.17) is 22.0 Å². The topological polar surface area (TPSA) is 149 Å². The zero-order valence-corrected chi connectivity index (χ0v) is 10.7. The molecule has 0 aliphatic carbocycles. The minimum atomic E-state index is -1.10. The molecule has 8 heteroatoms. The summed E-state index contributed by atoms with van der Waals surface area (Å²) in [5, 5.41) is 31.9. The van der Waals surface area contributed by atoms with Crippen molar-refractivity contribution >= 4 is 17.4 Å². The van der Waals surface area contributed by atoms with Crippen LogP contribution in [0.5, 0.6) is 0 Å². The molecule has 20 heavy (non-hydrogen) atoms. The molecule has 1 rings (SSSR count). The number of nitrogens with two attached hydrogens (primary N) is 2. The Morgan fingerprint density at radius 1 is 1.10 bits per heavy atom. The molecular weight excluding hydrogens is 256 g/mol. The van der Waals surface area contributed by atoms with E-state index in [2.05, 4.69) is 20.4 Å². The largest absolute Gasteiger partial charge is 0.369 e. The standard InChI is InChI=1S/C12H12N8/c1-8(17-20-12(15)16)9-2-4-10(5-3-9)18-19-11(6-13)7-14/h2-5,11H,1H3,(H4,15,16,20)/b17-8+,19-18?. The summed E-state index contributed by atoms with van der Waals surface area (Å²) in [5.74, 6) is -0.117. The van der Waals surface area contributed by atoms with Crippen molar-refractivity contribution in [3.8, 4) is 12.1 Å². The van der Waals surface area contributed by atoms with Crippen molar-refractivity contribution in [3.63, 3.8) is 0 Å². The van der Waals surface area contributed by atoms with E-state index in [-0.39, 0.29) is 5.96 Å². The molecule has 0 saturated carbocycles. The third-order valence-electron chi connectivity index (χ3n) is 2.13. The van der Waals surface area contributed by atoms with Crippen LogP contribution in [0.25, 0.3) is 0 Å². The number of nitriles is 2. The maximum Gasteiger partial charge on any atom is 0.242 e. The van der Waals surface area contributed by atoms with E-state index in [0.29, 0.717) is 11.4 Å². The van der Waals surface area contributed by atoms with Crippen molar-refractivity contribution < 1.29 is 0 Å². The fourth-order valence-corrected chi connectivity index (χ4v) is 1.16. The lowest BCUT2D eigenvalue weighted by molar-refractivity contribution is 0.949. The second kappa shape index (κ2) is 7.24. The van der Waals surface area contributed by atoms with Crippen LogP contribution < -0.4 is 11.5 Å². The monoisotopic (exact) mass is 268 g/mol. The van der Waals surface area contributed by atoms with Crippen LogP contribution in [0.3, 0.4) is 0 Å². The zero-order valence-electron chi connectivity index (χ0n) is 10.7. The predicted octanol–water partition coefficient (Wildman–Crippen LogP) is 1.18. The summed E-state index contributed by atoms with van der Waals surface area (Å²) in [7, 11) is 0. The Labute approximate surface area is 115 Å². The molecule has 0 unspecified atom stereocenters. The Morgan fingerprint density at radius 2 is 1.70 bits per heavy atom. The first-order valence-electron chi connectivity index (χ1n) is 5.50. The molecule has 1 aromatic rings. The summed E-state index contributed by atoms with van der Waals surface area (Å²) in [6.45, 7) is 1.75. The van der Waals surface area contributed by atoms with Crippen LogP contribution in [0.15, 0.2) is 44.7 Å². The third-order valence-corrected chi connectivity index (χ3v) is 2.13. The van der Waals surface area contributed by atoms with E-state index < -0.39 is 6.04 Å². The smallest absolute Gasteiger partial charge is 0.242 e. The lowest BCUT2D eigenvalue weighted by Crippen LogP contribution is -2.22. The van der Waals surface area contributed by atoms with Gasteiger partial charge in [0.05, 0.1) is 11.4 Å². The molecule has 0 aliphatic rings. The van der Waals surface area contributed by atoms with Crippen LogP contribution in [0.1, 0.15) is 12.5 Å². The SMILES string of the molecule is C/C(=N\N=C(N)N)c1ccc(N=NC(C#N)C#N)cc1. The summed E-state index contributed by atoms with van der Waals surface area (Å²) in [6, 6.07) is 9.17. The first-order chi connectivity index (χ1) is 9.56. The van der Waals surface area contributed by atoms with Gasteiger partial charge in [-0.05, 0) is 24.6 Å². The number of hydrogen-bond donors (Lipinski definition) is 2. The molecule has 0 bridgehead atoms. The minimum absolute atomic E-state index is 0.117. The maximum absolute atomic E-state index is 8.55. The van der Waals surface area contributed by atoms with Crippen LogP contribution in [0.2, 0.25) is 0 Å². The Kier molecular flexibility index (Phi) is 5.35. The number of benzene rings is 1. The summed E-state index contributed by atoms with van der Waals surface area (Å²) in [5.41, 5.74) is 12.3. The first kappa shape index (κ1) is 14.8. The van der Waals surface area contributed by atoms with E-state index in [1.165, 1.54) is 0 Å². The Morgan fingerprint density at radius 3 is 2.20 bits per heavy atom. The van der Waals surface area contributed by atoms with Gasteiger partial charge in [0.15, 0.2) is 0 Å². The quantitative estimate of drug-likeness (QED) is 0.365. The number of azo groups is 1. The molecule has 0 radical (unpaired) electrons. The molecule has 0 aromatic heterocycles. The number of rotatable bonds is 4. The van der Waals surface area contributed by atoms with Gasteiger partial charge in [-0.2, -0.15) is 25.9 Å². The Hall–Kier alpha value is -3.26. The van der Waals surface area contributed by atoms with E-state index in [9.17, 15) is 0 Å². The second-order valence-electron chi connectivity index (χ2n) is 3.63. The lowest BCUT2D eigenvalue weighted by atomic mass is 10.1. The average molecular weight is 268 g/mol. The fraction of sp³-hybridized carbons (Fsp3) is 0.167. The third kappa shape index (κ3) is 4.55. The van der Waals surface area contributed by atoms with Crippen LogP contribution in [-0.2, 0) is 0 Å². The molecule has 4 N–H and O–H groups in total. The van der Waals surface area contributed by atoms with Gasteiger partial charge in [-0.25, -0.2) is 0 Å². The molecule has 0 atom stereocenters. The highest BCUT2D eigenvalue weighted by Crippen LogP contribution is 2.14. The minimum Gasteiger partial charge on any atom is -0.369 e. The van der Waals surface area contributed by atoms with Crippen LogP contribution >= 0.6 is 0 Å². The van der Waals surface area contributed by atoms with Gasteiger partial charge in [-0.3, -0.25) is 0 Å². The van der Waals surface area contributed by atoms with Gasteiger partial charge < -0.3 is 11.5 Å². The zero-order chi connectivity index (χ0) is 15.0. The van der Waals surface area contributed by atoms with Gasteiger partial charge in [0.25, 0.3) is 0 Å². The maximum atomic E-state index is 8.55. The number of nitrogens with zero attached hydrogens (tertiary/aromatic N) is 6. The highest BCUT2D eigenvalue weighted by molar-refractivity contribution is 5.99. The molecule has 0 fully saturated rings. The molecule has 8 nitrogen and oxygen atoms in total. The molecular formula is C12H12N8. The van der Waals surface area contributed by atoms with Crippen molar-refractivity contribution in [1.82, 2.24) is 0 Å². The van der Waals surface area contributed by atoms with Crippen LogP contribution in [-0.4, -0.2) is 17.7 Å². The van der Waals surface area contributed by atoms with Gasteiger partial charge in [0, 0.05) is 0 Å². The van der Waals surface area contributed by atoms with Crippen LogP contribution in [0.4, 0.5) is 5.69 Å². The van der Waals surface area contributed by atoms with Gasteiger partial charge in [0.2, 0.25) is 12.0 Å². The molecule has 0 amide bonds. The van der Waals surface area contributed by atoms with Crippen molar-refractivity contribution in [2.75, 3.05) is 0 Å². The van der Waals surface area contributed by atoms with Gasteiger partial charge >= 0.3 is 0 Å². The summed E-state index contributed by atoms with van der Waals surface area (Å²) < 4.78 is 0. The predicted molar refractivity (Wildman–Crippen MR) is 74.0 cm³/mol. The summed E-state index contributed by atoms with van der Waals surface area (Å²) in [4.78, 5) is 0. The molecule has 0 heterocycles. The van der Waals surface area contributed by atoms with Gasteiger partial charge in [0.1, 0.15) is 12.1 Å². The number of guanidine groups is 1. The highest BCUT2D eigenvalue weighted by atomic mass is 15.3. The fourth-order valence-electron chi connectivity index (χ4n) is 1.16. The average Bonchev–Trinajstić information content (AvgIpc) is 2.46. The highest BCUT2D eigenvalue weighted by Gasteiger charge is 2.01. The molecule has 0 spiro atoms. The summed E-state index contributed by atoms with van der Waals surface area (Å²) >= 11 is 0. The molecule has 100 valence electrons. The number of hydrogen-bond acceptors (Lipinski definition) is 6. The summed E-state index contributed by atoms with van der Waals surface area (Å²) in [6.07, 6.45) is 0. The van der Waals surface area contributed by atoms with E-state index in [0.717, 1.165) is 5.56 Å². The Balaban J connectivity index is 2.85. The van der Waals surface area contributed by atoms with Crippen molar-refractivity contribution in [3.05, 3.63) is 29.8 Å². The van der Waals surface area contributed by atoms with E-state index in [1.54, 1.807) is 43.3 Å². The van der Waals surface area contributed by atoms with Crippen molar-refractivity contribution in [2.24, 2.45) is 31.9 Å². The van der Waals surface area contributed by atoms with E-state index in [1.807, 2.05) is 0 Å². The second-order valence-corrected chi connectivity index (χ2v) is 3.63. The van der Waals surface area contributed by atoms with Crippen LogP contribution in [0, 0.1) is 22.7 Å². The van der Waals surface area contributed by atoms with Crippen molar-refractivity contribution in [1.29, 1.82) is 10.5 Å². The van der Waals surface area contributed by atoms with Gasteiger partial charge in [-0.15, -0.1) is 5.10 Å². The normalized spacial score (nSPS) is 11.1. The molecule has 0 saturated heterocycles. The lowest BCUT2D eigenvalue weighted by Gasteiger charge is -1.99. The van der Waals surface area contributed by atoms with E-state index >= 15 is 0 Å². The Bertz CT molecular complexity index is 609. The first-order valence-corrected chi connectivity index (χ1v) is 5.50. The van der Waals surface area contributed by atoms with Gasteiger partial charge in [-0.1, -0.05) is 12.1 Å². The molecule has 0 aliphatic heterocycles.